The van der Waals surface area contributed by atoms with Gasteiger partial charge >= 0.3 is 23.8 Å². The number of carbonyl (C=O) groups excluding carboxylic acids is 1. The van der Waals surface area contributed by atoms with Gasteiger partial charge in [-0.25, -0.2) is 17.6 Å². The summed E-state index contributed by atoms with van der Waals surface area (Å²) in [5.41, 5.74) is 2.59. The van der Waals surface area contributed by atoms with Crippen LogP contribution in [0.25, 0.3) is 42.4 Å². The summed E-state index contributed by atoms with van der Waals surface area (Å²) in [5, 5.41) is 35.7. The number of benzene rings is 5. The molecule has 1 atom stereocenters. The van der Waals surface area contributed by atoms with Gasteiger partial charge in [-0.1, -0.05) is 75.0 Å². The first-order valence-electron chi connectivity index (χ1n) is 26.4. The number of ketones is 1. The van der Waals surface area contributed by atoms with Crippen molar-refractivity contribution in [2.75, 3.05) is 60.0 Å². The van der Waals surface area contributed by atoms with Crippen LogP contribution in [0.5, 0.6) is 0 Å². The van der Waals surface area contributed by atoms with Crippen LogP contribution in [-0.4, -0.2) is 76.0 Å². The SMILES string of the molecule is COP1OCCCO1.Clc1ccc2scc(CBr)c2c1.N#CO/C=C/c1ccc(F)c(F)c1.O=C(C/C=C/c1ccc(F)c(F)c1)C(c1csc2ccc(Cl)cc12)P1(=O)OCCCO1.O=P1(Cc2csc3ccc(Cl)cc23)OCCCO1.OCCCO. The summed E-state index contributed by atoms with van der Waals surface area (Å²) in [6.45, 7) is 3.26. The number of thiophene rings is 3. The Bertz CT molecular complexity index is 3700. The predicted molar refractivity (Wildman–Crippen MR) is 344 cm³/mol. The number of ether oxygens (including phenoxy) is 1. The standard InChI is InChI=1S/C22H18ClF2O4PS.C12H12ClO3PS.C9H6BrClS.C9H5F2NO.C4H9O3P.C3H8O2/c23-15-6-8-21-16(12-15)17(13-31-21)22(30(27)28-9-2-10-29-30)20(26)4-1-3-14-5-7-18(24)19(25)11-14;13-10-2-3-12-11(6-10)9(8-18-12)7-17(14)15-4-1-5-16-17;10-4-6-5-12-9-2-1-7(11)3-8(6)9;10-8-2-1-7(5-9(8)11)3-4-13-6-12;1-5-8-6-3-2-4-7-8;4-2-1-3-5/h1,3,5-8,11-13,22H,2,4,9-10H2;2-3,6,8H,1,4-5,7H2;1-3,5H,4H2;1-5H;2-4H2,1H3;4-5H,1-3H2/b3-1+;;;4-3+;;. The van der Waals surface area contributed by atoms with Gasteiger partial charge in [-0.3, -0.25) is 13.9 Å². The molecule has 0 bridgehead atoms. The Morgan fingerprint density at radius 3 is 1.66 bits per heavy atom. The summed E-state index contributed by atoms with van der Waals surface area (Å²) >= 11 is 26.3. The van der Waals surface area contributed by atoms with Gasteiger partial charge in [-0.15, -0.1) is 39.3 Å². The van der Waals surface area contributed by atoms with Gasteiger partial charge in [0, 0.05) is 61.2 Å². The molecule has 3 fully saturated rings. The first kappa shape index (κ1) is 72.1. The highest BCUT2D eigenvalue weighted by Gasteiger charge is 2.44. The van der Waals surface area contributed by atoms with E-state index in [0.29, 0.717) is 59.0 Å². The summed E-state index contributed by atoms with van der Waals surface area (Å²) < 4.78 is 121. The van der Waals surface area contributed by atoms with E-state index < -0.39 is 52.7 Å². The minimum Gasteiger partial charge on any atom is -0.396 e. The fourth-order valence-corrected chi connectivity index (χ4v) is 16.9. The number of Topliss-reactive ketones (excluding diaryl/α,β-unsaturated/α-hetero) is 1. The fraction of sp³-hybridized carbons (Fsp3) is 0.288. The largest absolute Gasteiger partial charge is 0.396 e. The van der Waals surface area contributed by atoms with Crippen LogP contribution in [0.2, 0.25) is 15.1 Å². The summed E-state index contributed by atoms with van der Waals surface area (Å²) in [4.78, 5) is 13.2. The van der Waals surface area contributed by atoms with E-state index in [0.717, 1.165) is 92.7 Å². The Balaban J connectivity index is 0.000000183. The highest BCUT2D eigenvalue weighted by atomic mass is 79.9. The Hall–Kier alpha value is -3.98. The molecule has 87 heavy (non-hydrogen) atoms. The summed E-state index contributed by atoms with van der Waals surface area (Å²) in [6.07, 6.45) is 10.0. The van der Waals surface area contributed by atoms with Gasteiger partial charge in [-0.05, 0) is 171 Å². The molecule has 28 heteroatoms. The highest BCUT2D eigenvalue weighted by Crippen LogP contribution is 2.64. The maximum absolute atomic E-state index is 13.5. The number of rotatable bonds is 14. The Kier molecular flexibility index (Phi) is 31.0. The van der Waals surface area contributed by atoms with E-state index in [2.05, 4.69) is 32.1 Å². The van der Waals surface area contributed by atoms with E-state index in [1.54, 1.807) is 47.3 Å². The van der Waals surface area contributed by atoms with Crippen LogP contribution < -0.4 is 0 Å². The van der Waals surface area contributed by atoms with Crippen LogP contribution >= 0.6 is 109 Å². The maximum atomic E-state index is 13.5. The van der Waals surface area contributed by atoms with E-state index >= 15 is 0 Å². The number of halogens is 8. The molecule has 3 aliphatic heterocycles. The molecule has 0 amide bonds. The van der Waals surface area contributed by atoms with Crippen molar-refractivity contribution in [2.24, 2.45) is 0 Å². The fourth-order valence-electron chi connectivity index (χ4n) is 7.87. The number of aliphatic hydroxyl groups is 2. The van der Waals surface area contributed by atoms with Crippen molar-refractivity contribution in [3.8, 4) is 6.26 Å². The minimum atomic E-state index is -3.74. The van der Waals surface area contributed by atoms with Crippen LogP contribution in [0.15, 0.2) is 119 Å². The molecule has 466 valence electrons. The molecule has 1 unspecified atom stereocenters. The number of fused-ring (bicyclic) bond motifs is 3. The normalized spacial score (nSPS) is 15.7. The van der Waals surface area contributed by atoms with Crippen molar-refractivity contribution in [2.45, 2.75) is 49.3 Å². The van der Waals surface area contributed by atoms with E-state index in [9.17, 15) is 31.5 Å². The third-order valence-corrected chi connectivity index (χ3v) is 21.5. The number of hydrogen-bond donors (Lipinski definition) is 2. The van der Waals surface area contributed by atoms with E-state index in [-0.39, 0.29) is 38.6 Å². The highest BCUT2D eigenvalue weighted by molar-refractivity contribution is 9.08. The van der Waals surface area contributed by atoms with Crippen LogP contribution in [0, 0.1) is 34.8 Å². The van der Waals surface area contributed by atoms with Gasteiger partial charge in [0.2, 0.25) is 0 Å². The van der Waals surface area contributed by atoms with Gasteiger partial charge in [0.15, 0.2) is 29.1 Å². The van der Waals surface area contributed by atoms with E-state index in [1.807, 2.05) is 41.8 Å². The molecule has 11 rings (SSSR count). The van der Waals surface area contributed by atoms with Crippen molar-refractivity contribution in [1.82, 2.24) is 0 Å². The molecule has 0 saturated carbocycles. The second-order valence-corrected chi connectivity index (χ2v) is 28.3. The number of nitriles is 1. The van der Waals surface area contributed by atoms with Crippen molar-refractivity contribution in [3.05, 3.63) is 186 Å². The van der Waals surface area contributed by atoms with Crippen LogP contribution in [0.1, 0.15) is 65.6 Å². The van der Waals surface area contributed by atoms with Crippen LogP contribution in [-0.2, 0) is 61.8 Å². The quantitative estimate of drug-likeness (QED) is 0.0344. The molecule has 0 radical (unpaired) electrons. The summed E-state index contributed by atoms with van der Waals surface area (Å²) in [7, 11) is -6.08. The third-order valence-electron chi connectivity index (χ3n) is 12.0. The second kappa shape index (κ2) is 37.4. The van der Waals surface area contributed by atoms with Crippen molar-refractivity contribution < 1.29 is 78.1 Å². The zero-order valence-corrected chi connectivity index (χ0v) is 55.3. The molecular formula is C59H58BrCl3F4NO13P3S3. The molecule has 14 nitrogen and oxygen atoms in total. The first-order chi connectivity index (χ1) is 41.9. The molecule has 3 aliphatic rings. The van der Waals surface area contributed by atoms with Gasteiger partial charge in [-0.2, -0.15) is 0 Å². The molecule has 2 N–H and O–H groups in total. The maximum Gasteiger partial charge on any atom is 0.345 e. The summed E-state index contributed by atoms with van der Waals surface area (Å²) in [6, 6.07) is 23.9. The zero-order chi connectivity index (χ0) is 62.8. The second-order valence-electron chi connectivity index (χ2n) is 18.2. The molecule has 0 aliphatic carbocycles. The van der Waals surface area contributed by atoms with Gasteiger partial charge in [0.1, 0.15) is 11.9 Å². The molecule has 3 aromatic heterocycles. The predicted octanol–water partition coefficient (Wildman–Crippen LogP) is 19.4. The van der Waals surface area contributed by atoms with Gasteiger partial charge in [0.05, 0.1) is 45.8 Å². The lowest BCUT2D eigenvalue weighted by molar-refractivity contribution is -0.118. The number of allylic oxidation sites excluding steroid dienone is 1. The average Bonchev–Trinajstić information content (AvgIpc) is 2.16. The number of nitrogens with zero attached hydrogens (tertiary/aromatic N) is 1. The molecule has 6 heterocycles. The molecule has 5 aromatic carbocycles. The minimum absolute atomic E-state index is 0.0850. The molecule has 0 spiro atoms. The Labute approximate surface area is 537 Å². The molecule has 3 saturated heterocycles. The van der Waals surface area contributed by atoms with Crippen molar-refractivity contribution >= 4 is 157 Å². The number of alkyl halides is 1. The lowest BCUT2D eigenvalue weighted by Crippen LogP contribution is -2.19. The van der Waals surface area contributed by atoms with Crippen LogP contribution in [0.4, 0.5) is 17.6 Å². The summed E-state index contributed by atoms with van der Waals surface area (Å²) in [5.74, 6) is -4.11. The lowest BCUT2D eigenvalue weighted by atomic mass is 10.0. The topological polar surface area (TPSA) is 189 Å². The number of aliphatic hydroxyl groups excluding tert-OH is 2. The lowest BCUT2D eigenvalue weighted by Gasteiger charge is -2.29. The Morgan fingerprint density at radius 1 is 0.678 bits per heavy atom. The van der Waals surface area contributed by atoms with Crippen LogP contribution in [0.3, 0.4) is 0 Å². The molecule has 8 aromatic rings. The number of hydrogen-bond acceptors (Lipinski definition) is 17. The van der Waals surface area contributed by atoms with Gasteiger partial charge < -0.3 is 46.6 Å². The van der Waals surface area contributed by atoms with Crippen molar-refractivity contribution in [3.63, 3.8) is 0 Å². The number of carbonyl (C=O) groups is 1. The van der Waals surface area contributed by atoms with E-state index in [4.69, 9.17) is 81.9 Å². The van der Waals surface area contributed by atoms with Crippen molar-refractivity contribution in [1.29, 1.82) is 5.26 Å². The third kappa shape index (κ3) is 22.7. The first-order valence-corrected chi connectivity index (χ1v) is 35.7. The average molecular weight is 1440 g/mol. The monoisotopic (exact) mass is 1440 g/mol. The van der Waals surface area contributed by atoms with Gasteiger partial charge in [0.25, 0.3) is 6.26 Å². The van der Waals surface area contributed by atoms with E-state index in [1.165, 1.54) is 63.6 Å². The molecular weight excluding hydrogens is 1380 g/mol. The zero-order valence-electron chi connectivity index (χ0n) is 46.3. The smallest absolute Gasteiger partial charge is 0.345 e. The Morgan fingerprint density at radius 2 is 1.16 bits per heavy atom.